The molecule has 30 heavy (non-hydrogen) atoms. The van der Waals surface area contributed by atoms with E-state index in [0.717, 1.165) is 4.47 Å². The van der Waals surface area contributed by atoms with Crippen LogP contribution in [0.5, 0.6) is 5.75 Å². The van der Waals surface area contributed by atoms with Crippen molar-refractivity contribution in [3.8, 4) is 5.75 Å². The molecular weight excluding hydrogens is 470 g/mol. The van der Waals surface area contributed by atoms with Crippen molar-refractivity contribution in [2.24, 2.45) is 4.99 Å². The van der Waals surface area contributed by atoms with Crippen LogP contribution in [0.2, 0.25) is 5.02 Å². The fourth-order valence-electron chi connectivity index (χ4n) is 2.70. The number of hydrogen-bond acceptors (Lipinski definition) is 5. The Bertz CT molecular complexity index is 1180. The maximum Gasteiger partial charge on any atom is 0.363 e. The van der Waals surface area contributed by atoms with E-state index in [-0.39, 0.29) is 11.6 Å². The summed E-state index contributed by atoms with van der Waals surface area (Å²) in [6, 6.07) is 20.6. The molecule has 3 aromatic carbocycles. The first kappa shape index (κ1) is 20.1. The molecule has 3 aromatic rings. The van der Waals surface area contributed by atoms with E-state index < -0.39 is 11.9 Å². The zero-order valence-corrected chi connectivity index (χ0v) is 17.7. The summed E-state index contributed by atoms with van der Waals surface area (Å²) in [6.45, 7) is 0. The van der Waals surface area contributed by atoms with Gasteiger partial charge in [-0.3, -0.25) is 0 Å². The minimum atomic E-state index is -0.560. The normalized spacial score (nSPS) is 14.4. The van der Waals surface area contributed by atoms with Crippen LogP contribution in [0.3, 0.4) is 0 Å². The Kier molecular flexibility index (Phi) is 5.79. The Morgan fingerprint density at radius 2 is 1.70 bits per heavy atom. The van der Waals surface area contributed by atoms with Crippen molar-refractivity contribution in [2.45, 2.75) is 0 Å². The van der Waals surface area contributed by atoms with Gasteiger partial charge in [-0.1, -0.05) is 51.8 Å². The number of carbonyl (C=O) groups excluding carboxylic acids is 2. The van der Waals surface area contributed by atoms with Crippen LogP contribution >= 0.6 is 27.5 Å². The van der Waals surface area contributed by atoms with Gasteiger partial charge in [-0.15, -0.1) is 0 Å². The van der Waals surface area contributed by atoms with Gasteiger partial charge in [-0.2, -0.15) is 0 Å². The number of hydrogen-bond donors (Lipinski definition) is 0. The zero-order chi connectivity index (χ0) is 21.1. The number of aliphatic imine (C=N–C) groups is 1. The molecule has 0 fully saturated rings. The van der Waals surface area contributed by atoms with E-state index in [1.807, 2.05) is 0 Å². The third kappa shape index (κ3) is 4.50. The second-order valence-electron chi connectivity index (χ2n) is 6.28. The van der Waals surface area contributed by atoms with Gasteiger partial charge in [0.2, 0.25) is 5.90 Å². The van der Waals surface area contributed by atoms with Crippen molar-refractivity contribution in [3.63, 3.8) is 0 Å². The van der Waals surface area contributed by atoms with Gasteiger partial charge in [0.25, 0.3) is 0 Å². The Balaban J connectivity index is 1.49. The van der Waals surface area contributed by atoms with Crippen molar-refractivity contribution in [1.29, 1.82) is 0 Å². The molecule has 4 rings (SSSR count). The summed E-state index contributed by atoms with van der Waals surface area (Å²) in [4.78, 5) is 28.6. The van der Waals surface area contributed by atoms with Crippen LogP contribution in [0, 0.1) is 0 Å². The van der Waals surface area contributed by atoms with Gasteiger partial charge in [0.15, 0.2) is 5.70 Å². The monoisotopic (exact) mass is 481 g/mol. The summed E-state index contributed by atoms with van der Waals surface area (Å²) in [5.41, 5.74) is 1.85. The zero-order valence-electron chi connectivity index (χ0n) is 15.3. The number of halogens is 2. The lowest BCUT2D eigenvalue weighted by Gasteiger charge is -2.05. The minimum absolute atomic E-state index is 0.157. The van der Waals surface area contributed by atoms with Gasteiger partial charge in [0.05, 0.1) is 16.1 Å². The van der Waals surface area contributed by atoms with E-state index in [2.05, 4.69) is 20.9 Å². The first-order valence-electron chi connectivity index (χ1n) is 8.85. The fraction of sp³-hybridized carbons (Fsp3) is 0. The lowest BCUT2D eigenvalue weighted by atomic mass is 10.2. The summed E-state index contributed by atoms with van der Waals surface area (Å²) in [5.74, 6) is -0.464. The third-order valence-corrected chi connectivity index (χ3v) is 5.06. The van der Waals surface area contributed by atoms with Crippen LogP contribution in [0.1, 0.15) is 21.5 Å². The van der Waals surface area contributed by atoms with E-state index in [1.54, 1.807) is 78.9 Å². The summed E-state index contributed by atoms with van der Waals surface area (Å²) in [7, 11) is 0. The van der Waals surface area contributed by atoms with Crippen LogP contribution in [0.25, 0.3) is 6.08 Å². The molecule has 0 bridgehead atoms. The van der Waals surface area contributed by atoms with E-state index >= 15 is 0 Å². The molecule has 0 aliphatic carbocycles. The highest BCUT2D eigenvalue weighted by Gasteiger charge is 2.25. The summed E-state index contributed by atoms with van der Waals surface area (Å²) in [5, 5.41) is 0.447. The van der Waals surface area contributed by atoms with Gasteiger partial charge in [0, 0.05) is 4.47 Å². The Morgan fingerprint density at radius 1 is 1.00 bits per heavy atom. The molecule has 0 atom stereocenters. The number of esters is 2. The van der Waals surface area contributed by atoms with Crippen LogP contribution in [-0.4, -0.2) is 17.8 Å². The second kappa shape index (κ2) is 8.65. The maximum atomic E-state index is 12.2. The van der Waals surface area contributed by atoms with Gasteiger partial charge in [-0.25, -0.2) is 14.6 Å². The minimum Gasteiger partial charge on any atom is -0.423 e. The number of carbonyl (C=O) groups is 2. The molecule has 1 heterocycles. The smallest absolute Gasteiger partial charge is 0.363 e. The van der Waals surface area contributed by atoms with Gasteiger partial charge < -0.3 is 9.47 Å². The van der Waals surface area contributed by atoms with Crippen molar-refractivity contribution >= 4 is 51.4 Å². The highest BCUT2D eigenvalue weighted by molar-refractivity contribution is 9.10. The molecule has 0 unspecified atom stereocenters. The first-order chi connectivity index (χ1) is 14.5. The highest BCUT2D eigenvalue weighted by atomic mass is 79.9. The molecule has 0 saturated carbocycles. The molecule has 0 N–H and O–H groups in total. The van der Waals surface area contributed by atoms with E-state index in [1.165, 1.54) is 0 Å². The molecule has 1 aliphatic rings. The summed E-state index contributed by atoms with van der Waals surface area (Å²) < 4.78 is 11.5. The molecule has 0 spiro atoms. The van der Waals surface area contributed by atoms with Gasteiger partial charge in [0.1, 0.15) is 5.75 Å². The number of benzene rings is 3. The molecule has 0 radical (unpaired) electrons. The molecule has 0 aromatic heterocycles. The lowest BCUT2D eigenvalue weighted by Crippen LogP contribution is -2.08. The van der Waals surface area contributed by atoms with E-state index in [0.29, 0.717) is 27.5 Å². The molecule has 0 amide bonds. The predicted octanol–water partition coefficient (Wildman–Crippen LogP) is 5.67. The number of rotatable bonds is 4. The van der Waals surface area contributed by atoms with Gasteiger partial charge >= 0.3 is 11.9 Å². The molecule has 0 saturated heterocycles. The number of cyclic esters (lactones) is 1. The average Bonchev–Trinajstić information content (AvgIpc) is 3.10. The van der Waals surface area contributed by atoms with Crippen LogP contribution in [-0.2, 0) is 9.53 Å². The maximum absolute atomic E-state index is 12.2. The van der Waals surface area contributed by atoms with Crippen molar-refractivity contribution in [3.05, 3.63) is 105 Å². The van der Waals surface area contributed by atoms with Crippen molar-refractivity contribution in [1.82, 2.24) is 0 Å². The van der Waals surface area contributed by atoms with E-state index in [4.69, 9.17) is 21.1 Å². The van der Waals surface area contributed by atoms with Crippen LogP contribution < -0.4 is 4.74 Å². The van der Waals surface area contributed by atoms with E-state index in [9.17, 15) is 9.59 Å². The van der Waals surface area contributed by atoms with Crippen LogP contribution in [0.15, 0.2) is 88.0 Å². The van der Waals surface area contributed by atoms with Crippen molar-refractivity contribution in [2.75, 3.05) is 0 Å². The van der Waals surface area contributed by atoms with Gasteiger partial charge in [-0.05, 0) is 60.2 Å². The standard InChI is InChI=1S/C23H13BrClNO4/c24-16-9-7-15(8-10-16)22(27)29-17-11-5-14(6-12-17)13-20-23(28)30-21(26-20)18-3-1-2-4-19(18)25/h1-13H/b20-13-. The Hall–Kier alpha value is -3.22. The second-order valence-corrected chi connectivity index (χ2v) is 7.60. The topological polar surface area (TPSA) is 65.0 Å². The molecular formula is C23H13BrClNO4. The molecule has 7 heteroatoms. The van der Waals surface area contributed by atoms with Crippen molar-refractivity contribution < 1.29 is 19.1 Å². The Labute approximate surface area is 185 Å². The molecule has 1 aliphatic heterocycles. The molecule has 148 valence electrons. The predicted molar refractivity (Wildman–Crippen MR) is 118 cm³/mol. The van der Waals surface area contributed by atoms with Crippen LogP contribution in [0.4, 0.5) is 0 Å². The number of nitrogens with zero attached hydrogens (tertiary/aromatic N) is 1. The quantitative estimate of drug-likeness (QED) is 0.273. The first-order valence-corrected chi connectivity index (χ1v) is 10.0. The summed E-state index contributed by atoms with van der Waals surface area (Å²) in [6.07, 6.45) is 1.59. The highest BCUT2D eigenvalue weighted by Crippen LogP contribution is 2.24. The number of ether oxygens (including phenoxy) is 2. The fourth-order valence-corrected chi connectivity index (χ4v) is 3.18. The Morgan fingerprint density at radius 3 is 2.40 bits per heavy atom. The summed E-state index contributed by atoms with van der Waals surface area (Å²) >= 11 is 9.46. The molecule has 5 nitrogen and oxygen atoms in total. The third-order valence-electron chi connectivity index (χ3n) is 4.20. The lowest BCUT2D eigenvalue weighted by molar-refractivity contribution is -0.129. The SMILES string of the molecule is O=C1OC(c2ccccc2Cl)=N/C1=C\c1ccc(OC(=O)c2ccc(Br)cc2)cc1. The largest absolute Gasteiger partial charge is 0.423 e. The average molecular weight is 483 g/mol.